The van der Waals surface area contributed by atoms with Gasteiger partial charge in [0.25, 0.3) is 10.1 Å². The van der Waals surface area contributed by atoms with Gasteiger partial charge < -0.3 is 5.11 Å². The van der Waals surface area contributed by atoms with Crippen molar-refractivity contribution in [1.29, 1.82) is 0 Å². The Labute approximate surface area is 62.6 Å². The van der Waals surface area contributed by atoms with Crippen LogP contribution in [0.5, 0.6) is 0 Å². The maximum absolute atomic E-state index is 9.62. The van der Waals surface area contributed by atoms with E-state index in [1.165, 1.54) is 0 Å². The molecule has 0 rings (SSSR count). The summed E-state index contributed by atoms with van der Waals surface area (Å²) in [5.74, 6) is -2.79. The first-order chi connectivity index (χ1) is 3.42. The van der Waals surface area contributed by atoms with Crippen LogP contribution < -0.4 is 0 Å². The van der Waals surface area contributed by atoms with E-state index in [2.05, 4.69) is 0 Å². The van der Waals surface area contributed by atoms with Gasteiger partial charge in [-0.25, -0.2) is 0 Å². The Hall–Kier alpha value is -0.0875. The molecule has 0 bridgehead atoms. The molecule has 0 aromatic carbocycles. The molecule has 5 nitrogen and oxygen atoms in total. The number of rotatable bonds is 2. The molecule has 0 saturated carbocycles. The summed E-state index contributed by atoms with van der Waals surface area (Å²) >= 11 is 0. The summed E-state index contributed by atoms with van der Waals surface area (Å²) in [5.41, 5.74) is 0. The van der Waals surface area contributed by atoms with Gasteiger partial charge in [-0.1, -0.05) is 0 Å². The molecule has 0 radical (unpaired) electrons. The van der Waals surface area contributed by atoms with Gasteiger partial charge in [-0.15, -0.1) is 0 Å². The number of aliphatic carboxylic acids is 1. The molecule has 0 saturated heterocycles. The Morgan fingerprint density at radius 2 is 1.78 bits per heavy atom. The van der Waals surface area contributed by atoms with Crippen LogP contribution in [-0.4, -0.2) is 29.8 Å². The van der Waals surface area contributed by atoms with E-state index in [1.54, 1.807) is 0 Å². The molecule has 0 aromatic rings. The van der Waals surface area contributed by atoms with E-state index in [-0.39, 0.29) is 17.4 Å². The quantitative estimate of drug-likeness (QED) is 0.545. The van der Waals surface area contributed by atoms with Crippen molar-refractivity contribution >= 4 is 16.1 Å². The molecule has 0 aliphatic carbocycles. The molecule has 0 spiro atoms. The maximum Gasteiger partial charge on any atom is 0.321 e. The van der Waals surface area contributed by atoms with E-state index < -0.39 is 21.8 Å². The van der Waals surface area contributed by atoms with Gasteiger partial charge in [-0.2, -0.15) is 8.42 Å². The number of carboxylic acids is 1. The number of carboxylic acid groups (broad SMARTS) is 1. The summed E-state index contributed by atoms with van der Waals surface area (Å²) < 4.78 is 27.0. The molecule has 0 heterocycles. The van der Waals surface area contributed by atoms with Crippen LogP contribution in [0.1, 0.15) is 0 Å². The van der Waals surface area contributed by atoms with Gasteiger partial charge in [0.15, 0.2) is 5.75 Å². The second kappa shape index (κ2) is 3.85. The van der Waals surface area contributed by atoms with Crippen LogP contribution in [0.15, 0.2) is 0 Å². The number of carbonyl (C=O) groups is 1. The average Bonchev–Trinajstić information content (AvgIpc) is 1.21. The summed E-state index contributed by atoms with van der Waals surface area (Å²) in [6, 6.07) is 0. The van der Waals surface area contributed by atoms with Gasteiger partial charge in [0.2, 0.25) is 0 Å². The molecule has 0 aromatic heterocycles. The summed E-state index contributed by atoms with van der Waals surface area (Å²) in [4.78, 5) is 9.48. The van der Waals surface area contributed by atoms with E-state index in [0.29, 0.717) is 0 Å². The minimum atomic E-state index is -4.32. The summed E-state index contributed by atoms with van der Waals surface area (Å²) in [6.45, 7) is 0. The van der Waals surface area contributed by atoms with Crippen LogP contribution in [-0.2, 0) is 32.3 Å². The SMILES string of the molecule is O=C(O)CS(=O)(=O)O.[Cr]. The molecule has 54 valence electrons. The largest absolute Gasteiger partial charge is 0.480 e. The molecule has 2 N–H and O–H groups in total. The predicted molar refractivity (Wildman–Crippen MR) is 24.1 cm³/mol. The van der Waals surface area contributed by atoms with Crippen LogP contribution in [0.4, 0.5) is 0 Å². The van der Waals surface area contributed by atoms with Crippen LogP contribution in [0.3, 0.4) is 0 Å². The standard InChI is InChI=1S/C2H4O5S.Cr/c3-2(4)1-8(5,6)7;/h1H2,(H,3,4)(H,5,6,7);. The maximum atomic E-state index is 9.62. The van der Waals surface area contributed by atoms with E-state index in [0.717, 1.165) is 0 Å². The van der Waals surface area contributed by atoms with Crippen molar-refractivity contribution in [1.82, 2.24) is 0 Å². The van der Waals surface area contributed by atoms with Gasteiger partial charge in [0.05, 0.1) is 0 Å². The van der Waals surface area contributed by atoms with Crippen LogP contribution in [0.2, 0.25) is 0 Å². The zero-order chi connectivity index (χ0) is 6.78. The fourth-order valence-electron chi connectivity index (χ4n) is 0.156. The molecular formula is C2H4CrO5S. The molecule has 0 atom stereocenters. The van der Waals surface area contributed by atoms with E-state index in [9.17, 15) is 13.2 Å². The first-order valence-electron chi connectivity index (χ1n) is 1.59. The Morgan fingerprint density at radius 3 is 1.78 bits per heavy atom. The zero-order valence-corrected chi connectivity index (χ0v) is 6.23. The van der Waals surface area contributed by atoms with Crippen LogP contribution >= 0.6 is 0 Å². The third kappa shape index (κ3) is 11.5. The van der Waals surface area contributed by atoms with Crippen molar-refractivity contribution in [3.63, 3.8) is 0 Å². The summed E-state index contributed by atoms with van der Waals surface area (Å²) in [5, 5.41) is 7.71. The molecule has 0 fully saturated rings. The van der Waals surface area contributed by atoms with Gasteiger partial charge in [0.1, 0.15) is 0 Å². The van der Waals surface area contributed by atoms with Gasteiger partial charge >= 0.3 is 5.97 Å². The minimum Gasteiger partial charge on any atom is -0.480 e. The smallest absolute Gasteiger partial charge is 0.321 e. The second-order valence-electron chi connectivity index (χ2n) is 1.12. The molecule has 0 unspecified atom stereocenters. The number of hydrogen-bond acceptors (Lipinski definition) is 3. The van der Waals surface area contributed by atoms with Gasteiger partial charge in [-0.05, 0) is 0 Å². The monoisotopic (exact) mass is 192 g/mol. The van der Waals surface area contributed by atoms with Crippen LogP contribution in [0.25, 0.3) is 0 Å². The first kappa shape index (κ1) is 11.7. The van der Waals surface area contributed by atoms with E-state index >= 15 is 0 Å². The van der Waals surface area contributed by atoms with Gasteiger partial charge in [0, 0.05) is 17.4 Å². The van der Waals surface area contributed by atoms with Crippen molar-refractivity contribution in [2.45, 2.75) is 0 Å². The van der Waals surface area contributed by atoms with Crippen molar-refractivity contribution in [2.75, 3.05) is 5.75 Å². The van der Waals surface area contributed by atoms with Crippen molar-refractivity contribution in [2.24, 2.45) is 0 Å². The van der Waals surface area contributed by atoms with Crippen molar-refractivity contribution in [3.8, 4) is 0 Å². The fraction of sp³-hybridized carbons (Fsp3) is 0.500. The molecule has 0 aliphatic heterocycles. The van der Waals surface area contributed by atoms with Crippen molar-refractivity contribution in [3.05, 3.63) is 0 Å². The third-order valence-corrected chi connectivity index (χ3v) is 0.918. The van der Waals surface area contributed by atoms with E-state index in [4.69, 9.17) is 9.66 Å². The second-order valence-corrected chi connectivity index (χ2v) is 2.57. The van der Waals surface area contributed by atoms with Crippen LogP contribution in [0, 0.1) is 0 Å². The summed E-state index contributed by atoms with van der Waals surface area (Å²) in [6.07, 6.45) is 0. The fourth-order valence-corrected chi connectivity index (χ4v) is 0.468. The Balaban J connectivity index is 0. The Kier molecular flexibility index (Phi) is 4.99. The molecule has 7 heteroatoms. The molecule has 0 aliphatic rings. The van der Waals surface area contributed by atoms with E-state index in [1.807, 2.05) is 0 Å². The summed E-state index contributed by atoms with van der Waals surface area (Å²) in [7, 11) is -4.32. The predicted octanol–water partition coefficient (Wildman–Crippen LogP) is -1.04. The molecular weight excluding hydrogens is 188 g/mol. The normalized spacial score (nSPS) is 9.89. The first-order valence-corrected chi connectivity index (χ1v) is 3.20. The van der Waals surface area contributed by atoms with Crippen molar-refractivity contribution < 1.29 is 40.2 Å². The Morgan fingerprint density at radius 1 is 1.44 bits per heavy atom. The molecule has 0 amide bonds. The third-order valence-electron chi connectivity index (χ3n) is 0.306. The average molecular weight is 192 g/mol. The topological polar surface area (TPSA) is 91.7 Å². The number of hydrogen-bond donors (Lipinski definition) is 2. The zero-order valence-electron chi connectivity index (χ0n) is 4.14. The van der Waals surface area contributed by atoms with Gasteiger partial charge in [-0.3, -0.25) is 9.35 Å². The molecule has 9 heavy (non-hydrogen) atoms. The Bertz CT molecular complexity index is 181. The minimum absolute atomic E-state index is 0.